The summed E-state index contributed by atoms with van der Waals surface area (Å²) in [6.07, 6.45) is 3.95. The van der Waals surface area contributed by atoms with E-state index < -0.39 is 0 Å². The van der Waals surface area contributed by atoms with Gasteiger partial charge in [0, 0.05) is 22.5 Å². The van der Waals surface area contributed by atoms with Crippen molar-refractivity contribution in [1.29, 1.82) is 5.26 Å². The van der Waals surface area contributed by atoms with Gasteiger partial charge in [-0.15, -0.1) is 11.3 Å². The highest BCUT2D eigenvalue weighted by Gasteiger charge is 2.21. The van der Waals surface area contributed by atoms with E-state index in [1.165, 1.54) is 17.4 Å². The molecule has 1 aromatic heterocycles. The van der Waals surface area contributed by atoms with Gasteiger partial charge in [-0.1, -0.05) is 29.3 Å². The Kier molecular flexibility index (Phi) is 5.00. The molecular weight excluding hydrogens is 342 g/mol. The van der Waals surface area contributed by atoms with Crippen LogP contribution >= 0.6 is 22.9 Å². The summed E-state index contributed by atoms with van der Waals surface area (Å²) in [5, 5.41) is 16.7. The average molecular weight is 358 g/mol. The number of thiophene rings is 1. The van der Waals surface area contributed by atoms with Gasteiger partial charge in [0.2, 0.25) is 5.91 Å². The summed E-state index contributed by atoms with van der Waals surface area (Å²) >= 11 is 7.59. The fourth-order valence-corrected chi connectivity index (χ4v) is 4.00. The molecule has 0 bridgehead atoms. The van der Waals surface area contributed by atoms with Gasteiger partial charge in [0.25, 0.3) is 0 Å². The SMILES string of the molecule is Cc1ccc(Cl)c(C=CC(=O)Nc2sc3c(c2C#N)CCNC3)c1. The molecule has 1 aromatic carbocycles. The predicted molar refractivity (Wildman–Crippen MR) is 98.3 cm³/mol. The number of hydrogen-bond acceptors (Lipinski definition) is 4. The van der Waals surface area contributed by atoms with Gasteiger partial charge in [-0.05, 0) is 43.2 Å². The van der Waals surface area contributed by atoms with Crippen LogP contribution in [0.2, 0.25) is 5.02 Å². The number of fused-ring (bicyclic) bond motifs is 1. The van der Waals surface area contributed by atoms with Crippen LogP contribution in [0.4, 0.5) is 5.00 Å². The lowest BCUT2D eigenvalue weighted by atomic mass is 10.1. The molecule has 0 aliphatic carbocycles. The van der Waals surface area contributed by atoms with Crippen LogP contribution in [-0.2, 0) is 17.8 Å². The Morgan fingerprint density at radius 2 is 2.33 bits per heavy atom. The maximum absolute atomic E-state index is 12.2. The third-order valence-corrected chi connectivity index (χ3v) is 5.33. The second-order valence-electron chi connectivity index (χ2n) is 5.59. The summed E-state index contributed by atoms with van der Waals surface area (Å²) in [4.78, 5) is 13.3. The molecule has 3 rings (SSSR count). The van der Waals surface area contributed by atoms with Gasteiger partial charge in [-0.25, -0.2) is 0 Å². The number of hydrogen-bond donors (Lipinski definition) is 2. The fourth-order valence-electron chi connectivity index (χ4n) is 2.65. The minimum atomic E-state index is -0.268. The van der Waals surface area contributed by atoms with Gasteiger partial charge in [0.1, 0.15) is 11.1 Å². The highest BCUT2D eigenvalue weighted by Crippen LogP contribution is 2.34. The topological polar surface area (TPSA) is 64.9 Å². The number of nitriles is 1. The van der Waals surface area contributed by atoms with Crippen LogP contribution in [0.1, 0.15) is 27.1 Å². The second-order valence-corrected chi connectivity index (χ2v) is 7.11. The molecule has 1 aliphatic rings. The van der Waals surface area contributed by atoms with Gasteiger partial charge in [-0.2, -0.15) is 5.26 Å². The molecule has 0 fully saturated rings. The molecular formula is C18H16ClN3OS. The largest absolute Gasteiger partial charge is 0.313 e. The molecule has 0 spiro atoms. The number of halogens is 1. The van der Waals surface area contributed by atoms with Gasteiger partial charge in [0.15, 0.2) is 0 Å². The van der Waals surface area contributed by atoms with Crippen LogP contribution < -0.4 is 10.6 Å². The Morgan fingerprint density at radius 3 is 3.12 bits per heavy atom. The smallest absolute Gasteiger partial charge is 0.249 e. The van der Waals surface area contributed by atoms with Crippen molar-refractivity contribution in [2.45, 2.75) is 19.9 Å². The van der Waals surface area contributed by atoms with Crippen molar-refractivity contribution in [3.05, 3.63) is 56.4 Å². The van der Waals surface area contributed by atoms with E-state index in [4.69, 9.17) is 11.6 Å². The average Bonchev–Trinajstić information content (AvgIpc) is 2.92. The molecule has 0 saturated carbocycles. The van der Waals surface area contributed by atoms with Crippen molar-refractivity contribution in [3.63, 3.8) is 0 Å². The molecule has 2 aromatic rings. The Balaban J connectivity index is 1.78. The number of carbonyl (C=O) groups excluding carboxylic acids is 1. The first-order chi connectivity index (χ1) is 11.6. The van der Waals surface area contributed by atoms with Gasteiger partial charge >= 0.3 is 0 Å². The number of anilines is 1. The number of nitrogens with zero attached hydrogens (tertiary/aromatic N) is 1. The maximum atomic E-state index is 12.2. The molecule has 0 unspecified atom stereocenters. The Morgan fingerprint density at radius 1 is 1.50 bits per heavy atom. The summed E-state index contributed by atoms with van der Waals surface area (Å²) < 4.78 is 0. The van der Waals surface area contributed by atoms with Crippen LogP contribution in [0.3, 0.4) is 0 Å². The van der Waals surface area contributed by atoms with Crippen molar-refractivity contribution in [3.8, 4) is 6.07 Å². The summed E-state index contributed by atoms with van der Waals surface area (Å²) in [5.41, 5.74) is 3.51. The van der Waals surface area contributed by atoms with Crippen molar-refractivity contribution in [1.82, 2.24) is 5.32 Å². The van der Waals surface area contributed by atoms with Crippen molar-refractivity contribution in [2.24, 2.45) is 0 Å². The maximum Gasteiger partial charge on any atom is 0.249 e. The Bertz CT molecular complexity index is 864. The predicted octanol–water partition coefficient (Wildman–Crippen LogP) is 3.88. The third-order valence-electron chi connectivity index (χ3n) is 3.84. The molecule has 0 saturated heterocycles. The minimum absolute atomic E-state index is 0.268. The second kappa shape index (κ2) is 7.18. The van der Waals surface area contributed by atoms with Gasteiger partial charge in [0.05, 0.1) is 5.56 Å². The van der Waals surface area contributed by atoms with E-state index >= 15 is 0 Å². The van der Waals surface area contributed by atoms with Crippen molar-refractivity contribution < 1.29 is 4.79 Å². The van der Waals surface area contributed by atoms with Gasteiger partial charge in [-0.3, -0.25) is 4.79 Å². The molecule has 0 atom stereocenters. The molecule has 2 N–H and O–H groups in total. The van der Waals surface area contributed by atoms with Crippen LogP contribution in [0, 0.1) is 18.3 Å². The first-order valence-corrected chi connectivity index (χ1v) is 8.78. The normalized spacial score (nSPS) is 13.5. The summed E-state index contributed by atoms with van der Waals surface area (Å²) in [6.45, 7) is 3.58. The zero-order chi connectivity index (χ0) is 17.1. The Labute approximate surface area is 149 Å². The molecule has 1 amide bonds. The standard InChI is InChI=1S/C18H16ClN3OS/c1-11-2-4-15(19)12(8-11)3-5-17(23)22-18-14(9-20)13-6-7-21-10-16(13)24-18/h2-5,8,21H,6-7,10H2,1H3,(H,22,23). The number of nitrogens with one attached hydrogen (secondary N) is 2. The van der Waals surface area contributed by atoms with Crippen LogP contribution in [0.25, 0.3) is 6.08 Å². The van der Waals surface area contributed by atoms with Crippen molar-refractivity contribution in [2.75, 3.05) is 11.9 Å². The quantitative estimate of drug-likeness (QED) is 0.819. The van der Waals surface area contributed by atoms with Crippen molar-refractivity contribution >= 4 is 39.9 Å². The molecule has 4 nitrogen and oxygen atoms in total. The minimum Gasteiger partial charge on any atom is -0.313 e. The molecule has 122 valence electrons. The summed E-state index contributed by atoms with van der Waals surface area (Å²) in [6, 6.07) is 7.87. The first-order valence-electron chi connectivity index (χ1n) is 7.59. The van der Waals surface area contributed by atoms with E-state index in [-0.39, 0.29) is 5.91 Å². The van der Waals surface area contributed by atoms with E-state index in [1.807, 2.05) is 25.1 Å². The van der Waals surface area contributed by atoms with E-state index in [0.29, 0.717) is 15.6 Å². The van der Waals surface area contributed by atoms with E-state index in [9.17, 15) is 10.1 Å². The van der Waals surface area contributed by atoms with E-state index in [1.54, 1.807) is 6.08 Å². The van der Waals surface area contributed by atoms with Crippen LogP contribution in [0.5, 0.6) is 0 Å². The Hall–Kier alpha value is -2.13. The molecule has 0 radical (unpaired) electrons. The lowest BCUT2D eigenvalue weighted by Gasteiger charge is -2.11. The summed E-state index contributed by atoms with van der Waals surface area (Å²) in [7, 11) is 0. The first kappa shape index (κ1) is 16.7. The number of amides is 1. The number of benzene rings is 1. The van der Waals surface area contributed by atoms with Crippen LogP contribution in [-0.4, -0.2) is 12.5 Å². The number of aryl methyl sites for hydroxylation is 1. The lowest BCUT2D eigenvalue weighted by molar-refractivity contribution is -0.111. The number of carbonyl (C=O) groups is 1. The molecule has 24 heavy (non-hydrogen) atoms. The molecule has 2 heterocycles. The van der Waals surface area contributed by atoms with E-state index in [2.05, 4.69) is 16.7 Å². The molecule has 1 aliphatic heterocycles. The highest BCUT2D eigenvalue weighted by molar-refractivity contribution is 7.16. The third kappa shape index (κ3) is 3.51. The fraction of sp³-hybridized carbons (Fsp3) is 0.222. The zero-order valence-electron chi connectivity index (χ0n) is 13.1. The van der Waals surface area contributed by atoms with Gasteiger partial charge < -0.3 is 10.6 Å². The lowest BCUT2D eigenvalue weighted by Crippen LogP contribution is -2.22. The molecule has 6 heteroatoms. The monoisotopic (exact) mass is 357 g/mol. The number of rotatable bonds is 3. The van der Waals surface area contributed by atoms with Crippen LogP contribution in [0.15, 0.2) is 24.3 Å². The highest BCUT2D eigenvalue weighted by atomic mass is 35.5. The zero-order valence-corrected chi connectivity index (χ0v) is 14.7. The van der Waals surface area contributed by atoms with E-state index in [0.717, 1.165) is 41.1 Å². The summed E-state index contributed by atoms with van der Waals surface area (Å²) in [5.74, 6) is -0.268.